The Morgan fingerprint density at radius 1 is 1.15 bits per heavy atom. The van der Waals surface area contributed by atoms with Crippen LogP contribution in [0.2, 0.25) is 0 Å². The predicted octanol–water partition coefficient (Wildman–Crippen LogP) is 2.11. The van der Waals surface area contributed by atoms with Crippen LogP contribution in [-0.4, -0.2) is 41.7 Å². The van der Waals surface area contributed by atoms with Crippen molar-refractivity contribution >= 4 is 45.3 Å². The first kappa shape index (κ1) is 18.6. The Morgan fingerprint density at radius 2 is 1.81 bits per heavy atom. The van der Waals surface area contributed by atoms with E-state index in [4.69, 9.17) is 4.74 Å². The number of benzene rings is 1. The molecule has 1 aliphatic heterocycles. The predicted molar refractivity (Wildman–Crippen MR) is 95.9 cm³/mol. The van der Waals surface area contributed by atoms with Gasteiger partial charge in [0.05, 0.1) is 11.8 Å². The normalized spacial score (nSPS) is 22.1. The van der Waals surface area contributed by atoms with Gasteiger partial charge in [-0.15, -0.1) is 0 Å². The van der Waals surface area contributed by atoms with Crippen LogP contribution < -0.4 is 5.32 Å². The highest BCUT2D eigenvalue weighted by molar-refractivity contribution is 9.10. The van der Waals surface area contributed by atoms with Crippen LogP contribution in [0.25, 0.3) is 0 Å². The highest BCUT2D eigenvalue weighted by atomic mass is 79.9. The van der Waals surface area contributed by atoms with Crippen molar-refractivity contribution in [1.29, 1.82) is 0 Å². The van der Waals surface area contributed by atoms with Gasteiger partial charge in [0.25, 0.3) is 5.91 Å². The fraction of sp³-hybridized carbons (Fsp3) is 0.444. The van der Waals surface area contributed by atoms with Crippen LogP contribution in [0.15, 0.2) is 28.7 Å². The monoisotopic (exact) mass is 422 g/mol. The molecule has 138 valence electrons. The van der Waals surface area contributed by atoms with Crippen LogP contribution in [-0.2, 0) is 23.9 Å². The number of esters is 1. The van der Waals surface area contributed by atoms with Gasteiger partial charge in [0.15, 0.2) is 6.61 Å². The second-order valence-corrected chi connectivity index (χ2v) is 7.39. The summed E-state index contributed by atoms with van der Waals surface area (Å²) in [6, 6.07) is 6.99. The first-order chi connectivity index (χ1) is 12.5. The molecule has 2 unspecified atom stereocenters. The van der Waals surface area contributed by atoms with Gasteiger partial charge in [-0.25, -0.2) is 0 Å². The standard InChI is InChI=1S/C18H19BrN2O5/c19-11-4-3-5-12(8-11)20-15(22)10-26-16(23)9-21-17(24)13-6-1-2-7-14(13)18(21)25/h3-5,8,13-14H,1-2,6-7,9-10H2,(H,20,22). The van der Waals surface area contributed by atoms with E-state index < -0.39 is 25.0 Å². The molecule has 1 saturated carbocycles. The van der Waals surface area contributed by atoms with Gasteiger partial charge in [0.2, 0.25) is 11.8 Å². The maximum absolute atomic E-state index is 12.3. The number of ether oxygens (including phenoxy) is 1. The molecule has 1 heterocycles. The third kappa shape index (κ3) is 4.12. The molecule has 26 heavy (non-hydrogen) atoms. The summed E-state index contributed by atoms with van der Waals surface area (Å²) in [5, 5.41) is 2.60. The number of hydrogen-bond acceptors (Lipinski definition) is 5. The Balaban J connectivity index is 1.49. The lowest BCUT2D eigenvalue weighted by Gasteiger charge is -2.19. The molecular formula is C18H19BrN2O5. The minimum atomic E-state index is -0.769. The van der Waals surface area contributed by atoms with E-state index in [9.17, 15) is 19.2 Å². The summed E-state index contributed by atoms with van der Waals surface area (Å²) < 4.78 is 5.71. The number of hydrogen-bond donors (Lipinski definition) is 1. The first-order valence-corrected chi connectivity index (χ1v) is 9.31. The molecular weight excluding hydrogens is 404 g/mol. The molecule has 1 N–H and O–H groups in total. The lowest BCUT2D eigenvalue weighted by Crippen LogP contribution is -2.37. The van der Waals surface area contributed by atoms with E-state index in [1.54, 1.807) is 18.2 Å². The third-order valence-electron chi connectivity index (χ3n) is 4.69. The number of rotatable bonds is 5. The molecule has 7 nitrogen and oxygen atoms in total. The van der Waals surface area contributed by atoms with E-state index in [1.165, 1.54) is 0 Å². The highest BCUT2D eigenvalue weighted by Crippen LogP contribution is 2.37. The van der Waals surface area contributed by atoms with Gasteiger partial charge < -0.3 is 10.1 Å². The Bertz CT molecular complexity index is 727. The van der Waals surface area contributed by atoms with Crippen molar-refractivity contribution in [2.45, 2.75) is 25.7 Å². The van der Waals surface area contributed by atoms with Crippen LogP contribution in [0.5, 0.6) is 0 Å². The van der Waals surface area contributed by atoms with E-state index in [0.29, 0.717) is 18.5 Å². The minimum absolute atomic E-state index is 0.296. The van der Waals surface area contributed by atoms with E-state index in [2.05, 4.69) is 21.2 Å². The fourth-order valence-electron chi connectivity index (χ4n) is 3.47. The molecule has 2 atom stereocenters. The zero-order chi connectivity index (χ0) is 18.7. The van der Waals surface area contributed by atoms with Crippen molar-refractivity contribution < 1.29 is 23.9 Å². The molecule has 3 rings (SSSR count). The topological polar surface area (TPSA) is 92.8 Å². The summed E-state index contributed by atoms with van der Waals surface area (Å²) in [6.45, 7) is -0.913. The Morgan fingerprint density at radius 3 is 2.42 bits per heavy atom. The smallest absolute Gasteiger partial charge is 0.326 e. The number of carbonyl (C=O) groups excluding carboxylic acids is 4. The van der Waals surface area contributed by atoms with Crippen molar-refractivity contribution in [3.63, 3.8) is 0 Å². The van der Waals surface area contributed by atoms with Gasteiger partial charge in [0, 0.05) is 10.2 Å². The number of anilines is 1. The largest absolute Gasteiger partial charge is 0.454 e. The minimum Gasteiger partial charge on any atom is -0.454 e. The van der Waals surface area contributed by atoms with Gasteiger partial charge in [-0.3, -0.25) is 24.1 Å². The quantitative estimate of drug-likeness (QED) is 0.579. The van der Waals surface area contributed by atoms with Crippen LogP contribution in [0.4, 0.5) is 5.69 Å². The van der Waals surface area contributed by atoms with E-state index in [1.807, 2.05) is 6.07 Å². The number of nitrogens with one attached hydrogen (secondary N) is 1. The Labute approximate surface area is 159 Å². The van der Waals surface area contributed by atoms with E-state index >= 15 is 0 Å². The van der Waals surface area contributed by atoms with Gasteiger partial charge >= 0.3 is 5.97 Å². The molecule has 0 radical (unpaired) electrons. The fourth-order valence-corrected chi connectivity index (χ4v) is 3.87. The maximum Gasteiger partial charge on any atom is 0.326 e. The summed E-state index contributed by atoms with van der Waals surface area (Å²) in [5.74, 6) is -2.46. The number of halogens is 1. The molecule has 0 aromatic heterocycles. The number of nitrogens with zero attached hydrogens (tertiary/aromatic N) is 1. The molecule has 8 heteroatoms. The van der Waals surface area contributed by atoms with Crippen LogP contribution in [0.1, 0.15) is 25.7 Å². The molecule has 2 aliphatic rings. The Kier molecular flexibility index (Phi) is 5.70. The number of carbonyl (C=O) groups is 4. The van der Waals surface area contributed by atoms with Crippen molar-refractivity contribution in [1.82, 2.24) is 4.90 Å². The van der Waals surface area contributed by atoms with Crippen LogP contribution in [0, 0.1) is 11.8 Å². The molecule has 0 spiro atoms. The van der Waals surface area contributed by atoms with E-state index in [-0.39, 0.29) is 23.7 Å². The van der Waals surface area contributed by atoms with Crippen molar-refractivity contribution in [3.8, 4) is 0 Å². The van der Waals surface area contributed by atoms with E-state index in [0.717, 1.165) is 22.2 Å². The lowest BCUT2D eigenvalue weighted by atomic mass is 9.81. The van der Waals surface area contributed by atoms with Gasteiger partial charge in [0.1, 0.15) is 6.54 Å². The molecule has 1 aliphatic carbocycles. The molecule has 1 aromatic rings. The number of likely N-dealkylation sites (tertiary alicyclic amines) is 1. The second kappa shape index (κ2) is 7.99. The lowest BCUT2D eigenvalue weighted by molar-refractivity contribution is -0.154. The van der Waals surface area contributed by atoms with Crippen LogP contribution >= 0.6 is 15.9 Å². The van der Waals surface area contributed by atoms with Gasteiger partial charge in [-0.1, -0.05) is 34.8 Å². The first-order valence-electron chi connectivity index (χ1n) is 8.52. The van der Waals surface area contributed by atoms with Crippen molar-refractivity contribution in [2.24, 2.45) is 11.8 Å². The van der Waals surface area contributed by atoms with Crippen molar-refractivity contribution in [2.75, 3.05) is 18.5 Å². The highest BCUT2D eigenvalue weighted by Gasteiger charge is 2.48. The average Bonchev–Trinajstić information content (AvgIpc) is 2.85. The maximum atomic E-state index is 12.3. The van der Waals surface area contributed by atoms with Gasteiger partial charge in [-0.05, 0) is 31.0 Å². The molecule has 3 amide bonds. The number of fused-ring (bicyclic) bond motifs is 1. The molecule has 0 bridgehead atoms. The number of amides is 3. The summed E-state index contributed by atoms with van der Waals surface area (Å²) >= 11 is 3.29. The summed E-state index contributed by atoms with van der Waals surface area (Å²) in [5.41, 5.74) is 0.564. The van der Waals surface area contributed by atoms with Gasteiger partial charge in [-0.2, -0.15) is 0 Å². The molecule has 2 fully saturated rings. The van der Waals surface area contributed by atoms with Crippen molar-refractivity contribution in [3.05, 3.63) is 28.7 Å². The zero-order valence-corrected chi connectivity index (χ0v) is 15.7. The molecule has 1 saturated heterocycles. The third-order valence-corrected chi connectivity index (χ3v) is 5.19. The Hall–Kier alpha value is -2.22. The van der Waals surface area contributed by atoms with Crippen LogP contribution in [0.3, 0.4) is 0 Å². The summed E-state index contributed by atoms with van der Waals surface area (Å²) in [4.78, 5) is 49.4. The zero-order valence-electron chi connectivity index (χ0n) is 14.1. The number of imide groups is 1. The molecule has 1 aromatic carbocycles. The summed E-state index contributed by atoms with van der Waals surface area (Å²) in [6.07, 6.45) is 3.23. The SMILES string of the molecule is O=C(COC(=O)CN1C(=O)C2CCCCC2C1=O)Nc1cccc(Br)c1. The average molecular weight is 423 g/mol. The second-order valence-electron chi connectivity index (χ2n) is 6.48. The summed E-state index contributed by atoms with van der Waals surface area (Å²) in [7, 11) is 0.